The summed E-state index contributed by atoms with van der Waals surface area (Å²) in [5, 5.41) is 3.22. The van der Waals surface area contributed by atoms with Crippen LogP contribution in [0, 0.1) is 27.7 Å². The first-order valence-corrected chi connectivity index (χ1v) is 7.78. The van der Waals surface area contributed by atoms with E-state index >= 15 is 0 Å². The van der Waals surface area contributed by atoms with Crippen molar-refractivity contribution in [1.29, 1.82) is 0 Å². The summed E-state index contributed by atoms with van der Waals surface area (Å²) in [6.07, 6.45) is 2.62. The van der Waals surface area contributed by atoms with Crippen LogP contribution in [-0.2, 0) is 4.74 Å². The molecule has 0 spiro atoms. The predicted octanol–water partition coefficient (Wildman–Crippen LogP) is 3.65. The van der Waals surface area contributed by atoms with Crippen molar-refractivity contribution in [3.05, 3.63) is 21.7 Å². The van der Waals surface area contributed by atoms with Crippen molar-refractivity contribution in [1.82, 2.24) is 0 Å². The molecule has 1 atom stereocenters. The molecule has 0 amide bonds. The largest absolute Gasteiger partial charge is 0.383 e. The molecule has 0 N–H and O–H groups in total. The molecule has 0 bridgehead atoms. The average molecular weight is 253 g/mol. The Bertz CT molecular complexity index is 385. The van der Waals surface area contributed by atoms with E-state index < -0.39 is 0 Å². The third-order valence-corrected chi connectivity index (χ3v) is 7.23. The number of rotatable bonds is 3. The van der Waals surface area contributed by atoms with Gasteiger partial charge in [-0.25, -0.2) is 0 Å². The lowest BCUT2D eigenvalue weighted by molar-refractivity contribution is 0.182. The smallest absolute Gasteiger partial charge is 0.0624 e. The molecule has 1 aromatic heterocycles. The zero-order chi connectivity index (χ0) is 12.6. The molecular weight excluding hydrogens is 229 g/mol. The van der Waals surface area contributed by atoms with Gasteiger partial charge in [0.05, 0.1) is 6.61 Å². The summed E-state index contributed by atoms with van der Waals surface area (Å²) in [5.74, 6) is 0. The van der Waals surface area contributed by atoms with E-state index in [0.717, 1.165) is 6.61 Å². The standard InChI is InChI=1S/C14H24NOP/c1-10-11(2)13(4)17(12(10)3)15-8-6-7-14(15)9-16-5/h14H,6-9H2,1-5H3/t14-/m1/s1. The normalized spacial score (nSPS) is 21.4. The van der Waals surface area contributed by atoms with Crippen LogP contribution in [0.1, 0.15) is 34.6 Å². The van der Waals surface area contributed by atoms with Gasteiger partial charge in [-0.1, -0.05) is 0 Å². The minimum atomic E-state index is -0.186. The molecule has 0 aliphatic carbocycles. The first kappa shape index (κ1) is 13.1. The van der Waals surface area contributed by atoms with Crippen LogP contribution in [0.4, 0.5) is 0 Å². The molecule has 0 saturated carbocycles. The van der Waals surface area contributed by atoms with Crippen LogP contribution in [0.3, 0.4) is 0 Å². The first-order chi connectivity index (χ1) is 8.07. The maximum atomic E-state index is 5.38. The highest BCUT2D eigenvalue weighted by molar-refractivity contribution is 7.53. The van der Waals surface area contributed by atoms with E-state index in [1.807, 2.05) is 7.11 Å². The van der Waals surface area contributed by atoms with Gasteiger partial charge in [-0.3, -0.25) is 4.67 Å². The fourth-order valence-electron chi connectivity index (χ4n) is 2.94. The number of methoxy groups -OCH3 is 1. The summed E-state index contributed by atoms with van der Waals surface area (Å²) >= 11 is 0. The van der Waals surface area contributed by atoms with Gasteiger partial charge >= 0.3 is 0 Å². The van der Waals surface area contributed by atoms with Crippen LogP contribution in [0.25, 0.3) is 0 Å². The van der Waals surface area contributed by atoms with Gasteiger partial charge in [0.2, 0.25) is 0 Å². The lowest BCUT2D eigenvalue weighted by Gasteiger charge is -2.26. The third kappa shape index (κ3) is 2.19. The second-order valence-electron chi connectivity index (χ2n) is 5.15. The molecule has 0 radical (unpaired) electrons. The highest BCUT2D eigenvalue weighted by Gasteiger charge is 2.29. The number of ether oxygens (including phenoxy) is 1. The summed E-state index contributed by atoms with van der Waals surface area (Å²) < 4.78 is 8.09. The number of nitrogens with zero attached hydrogens (tertiary/aromatic N) is 1. The maximum Gasteiger partial charge on any atom is 0.0624 e. The SMILES string of the molecule is COC[C@H]1CCCN1p1c(C)c(C)c(C)c1C. The van der Waals surface area contributed by atoms with Gasteiger partial charge in [0, 0.05) is 19.7 Å². The molecule has 17 heavy (non-hydrogen) atoms. The molecule has 1 aliphatic rings. The molecule has 0 aromatic carbocycles. The predicted molar refractivity (Wildman–Crippen MR) is 76.1 cm³/mol. The van der Waals surface area contributed by atoms with Gasteiger partial charge in [0.25, 0.3) is 0 Å². The lowest BCUT2D eigenvalue weighted by Crippen LogP contribution is -2.30. The Kier molecular flexibility index (Phi) is 3.97. The van der Waals surface area contributed by atoms with Gasteiger partial charge in [-0.05, 0) is 69.9 Å². The third-order valence-electron chi connectivity index (χ3n) is 4.25. The van der Waals surface area contributed by atoms with E-state index in [1.54, 1.807) is 10.6 Å². The highest BCUT2D eigenvalue weighted by Crippen LogP contribution is 2.48. The minimum absolute atomic E-state index is 0.186. The Morgan fingerprint density at radius 2 is 1.76 bits per heavy atom. The summed E-state index contributed by atoms with van der Waals surface area (Å²) in [5.41, 5.74) is 3.05. The first-order valence-electron chi connectivity index (χ1n) is 6.49. The molecular formula is C14H24NOP. The number of hydrogen-bond acceptors (Lipinski definition) is 2. The van der Waals surface area contributed by atoms with Crippen LogP contribution >= 0.6 is 7.68 Å². The van der Waals surface area contributed by atoms with E-state index in [0.29, 0.717) is 6.04 Å². The van der Waals surface area contributed by atoms with Crippen LogP contribution < -0.4 is 4.67 Å². The van der Waals surface area contributed by atoms with Crippen molar-refractivity contribution in [2.45, 2.75) is 46.6 Å². The van der Waals surface area contributed by atoms with Crippen LogP contribution in [0.2, 0.25) is 0 Å². The van der Waals surface area contributed by atoms with Crippen molar-refractivity contribution >= 4 is 7.68 Å². The average Bonchev–Trinajstić information content (AvgIpc) is 2.82. The van der Waals surface area contributed by atoms with E-state index in [9.17, 15) is 0 Å². The van der Waals surface area contributed by atoms with Crippen molar-refractivity contribution in [3.8, 4) is 0 Å². The van der Waals surface area contributed by atoms with Crippen LogP contribution in [0.5, 0.6) is 0 Å². The van der Waals surface area contributed by atoms with Crippen LogP contribution in [-0.4, -0.2) is 26.3 Å². The Balaban J connectivity index is 2.36. The molecule has 96 valence electrons. The van der Waals surface area contributed by atoms with E-state index in [1.165, 1.54) is 30.5 Å². The van der Waals surface area contributed by atoms with Crippen molar-refractivity contribution in [2.75, 3.05) is 24.9 Å². The Hall–Kier alpha value is -0.300. The maximum absolute atomic E-state index is 5.38. The number of hydrogen-bond donors (Lipinski definition) is 0. The van der Waals surface area contributed by atoms with Gasteiger partial charge in [0.15, 0.2) is 0 Å². The molecule has 2 rings (SSSR count). The summed E-state index contributed by atoms with van der Waals surface area (Å²) in [6, 6.07) is 0.634. The van der Waals surface area contributed by atoms with Crippen molar-refractivity contribution in [3.63, 3.8) is 0 Å². The molecule has 1 saturated heterocycles. The molecule has 1 aromatic rings. The fraction of sp³-hybridized carbons (Fsp3) is 0.714. The summed E-state index contributed by atoms with van der Waals surface area (Å²) in [6.45, 7) is 11.3. The van der Waals surface area contributed by atoms with Crippen LogP contribution in [0.15, 0.2) is 0 Å². The Morgan fingerprint density at radius 1 is 1.18 bits per heavy atom. The molecule has 2 heterocycles. The molecule has 1 fully saturated rings. The Labute approximate surface area is 106 Å². The van der Waals surface area contributed by atoms with E-state index in [2.05, 4.69) is 32.4 Å². The van der Waals surface area contributed by atoms with E-state index in [4.69, 9.17) is 4.74 Å². The van der Waals surface area contributed by atoms with Crippen molar-refractivity contribution < 1.29 is 4.74 Å². The van der Waals surface area contributed by atoms with E-state index in [-0.39, 0.29) is 7.68 Å². The zero-order valence-electron chi connectivity index (χ0n) is 11.7. The highest BCUT2D eigenvalue weighted by atomic mass is 31.1. The fourth-order valence-corrected chi connectivity index (χ4v) is 6.04. The van der Waals surface area contributed by atoms with Gasteiger partial charge in [-0.15, -0.1) is 0 Å². The topological polar surface area (TPSA) is 12.5 Å². The Morgan fingerprint density at radius 3 is 2.29 bits per heavy atom. The second-order valence-corrected chi connectivity index (χ2v) is 7.63. The minimum Gasteiger partial charge on any atom is -0.383 e. The van der Waals surface area contributed by atoms with Gasteiger partial charge in [-0.2, -0.15) is 0 Å². The molecule has 3 heteroatoms. The molecule has 0 unspecified atom stereocenters. The molecule has 1 aliphatic heterocycles. The summed E-state index contributed by atoms with van der Waals surface area (Å²) in [4.78, 5) is 0. The molecule has 2 nitrogen and oxygen atoms in total. The monoisotopic (exact) mass is 253 g/mol. The second kappa shape index (κ2) is 5.14. The van der Waals surface area contributed by atoms with Gasteiger partial charge in [0.1, 0.15) is 0 Å². The van der Waals surface area contributed by atoms with Crippen molar-refractivity contribution in [2.24, 2.45) is 0 Å². The quantitative estimate of drug-likeness (QED) is 0.815. The van der Waals surface area contributed by atoms with Gasteiger partial charge < -0.3 is 4.74 Å². The lowest BCUT2D eigenvalue weighted by atomic mass is 10.2. The summed E-state index contributed by atoms with van der Waals surface area (Å²) in [7, 11) is 1.63. The zero-order valence-corrected chi connectivity index (χ0v) is 12.6.